The van der Waals surface area contributed by atoms with Crippen LogP contribution in [0.5, 0.6) is 0 Å². The van der Waals surface area contributed by atoms with E-state index in [1.807, 2.05) is 10.9 Å². The van der Waals surface area contributed by atoms with Crippen LogP contribution in [0.4, 0.5) is 0 Å². The summed E-state index contributed by atoms with van der Waals surface area (Å²) in [6.07, 6.45) is 11.9. The molecule has 0 amide bonds. The summed E-state index contributed by atoms with van der Waals surface area (Å²) in [6.45, 7) is 3.35. The Kier molecular flexibility index (Phi) is 4.03. The van der Waals surface area contributed by atoms with Crippen LogP contribution in [0.2, 0.25) is 0 Å². The summed E-state index contributed by atoms with van der Waals surface area (Å²) in [7, 11) is 0. The quantitative estimate of drug-likeness (QED) is 0.685. The van der Waals surface area contributed by atoms with E-state index in [9.17, 15) is 9.90 Å². The van der Waals surface area contributed by atoms with Crippen LogP contribution in [0.1, 0.15) is 69.2 Å². The second kappa shape index (κ2) is 6.36. The third-order valence-electron chi connectivity index (χ3n) is 5.77. The Bertz CT molecular complexity index is 1060. The van der Waals surface area contributed by atoms with Crippen LogP contribution >= 0.6 is 11.3 Å². The molecule has 2 aliphatic carbocycles. The van der Waals surface area contributed by atoms with Crippen molar-refractivity contribution in [3.05, 3.63) is 62.4 Å². The van der Waals surface area contributed by atoms with Crippen LogP contribution in [0.3, 0.4) is 0 Å². The number of carbonyl (C=O) groups excluding carboxylic acids is 1. The molecule has 1 aromatic carbocycles. The number of aromatic nitrogens is 3. The molecule has 2 heterocycles. The molecule has 6 heteroatoms. The van der Waals surface area contributed by atoms with Crippen molar-refractivity contribution in [2.24, 2.45) is 0 Å². The van der Waals surface area contributed by atoms with Gasteiger partial charge in [0.15, 0.2) is 0 Å². The maximum absolute atomic E-state index is 12.9. The van der Waals surface area contributed by atoms with Gasteiger partial charge in [-0.1, -0.05) is 6.07 Å². The largest absolute Gasteiger partial charge is 0.383 e. The van der Waals surface area contributed by atoms with E-state index in [1.54, 1.807) is 26.2 Å². The van der Waals surface area contributed by atoms with Crippen LogP contribution in [0, 0.1) is 0 Å². The number of benzene rings is 1. The van der Waals surface area contributed by atoms with Gasteiger partial charge < -0.3 is 5.11 Å². The van der Waals surface area contributed by atoms with Crippen LogP contribution in [0.25, 0.3) is 5.69 Å². The first-order chi connectivity index (χ1) is 13.4. The van der Waals surface area contributed by atoms with Crippen molar-refractivity contribution < 1.29 is 9.90 Å². The molecule has 28 heavy (non-hydrogen) atoms. The predicted molar refractivity (Wildman–Crippen MR) is 108 cm³/mol. The Morgan fingerprint density at radius 1 is 1.11 bits per heavy atom. The second-order valence-electron chi connectivity index (χ2n) is 8.30. The fourth-order valence-electron chi connectivity index (χ4n) is 4.43. The highest BCUT2D eigenvalue weighted by molar-refractivity contribution is 7.14. The highest BCUT2D eigenvalue weighted by Gasteiger charge is 2.27. The lowest BCUT2D eigenvalue weighted by molar-refractivity contribution is 0.0783. The fourth-order valence-corrected chi connectivity index (χ4v) is 5.31. The normalized spacial score (nSPS) is 15.7. The van der Waals surface area contributed by atoms with Gasteiger partial charge in [-0.05, 0) is 74.6 Å². The first-order valence-corrected chi connectivity index (χ1v) is 10.7. The maximum atomic E-state index is 12.9. The average molecular weight is 394 g/mol. The molecule has 0 bridgehead atoms. The van der Waals surface area contributed by atoms with Crippen LogP contribution < -0.4 is 0 Å². The van der Waals surface area contributed by atoms with Crippen molar-refractivity contribution in [3.63, 3.8) is 0 Å². The van der Waals surface area contributed by atoms with Gasteiger partial charge in [-0.15, -0.1) is 11.3 Å². The standard InChI is InChI=1S/C22H23N3O2S/c1-22(2,27)21-23-11-18(28-21)20(26)15-10-24-25(12-15)19-16-7-3-5-13(16)9-14-6-4-8-17(14)19/h9-12,27H,3-8H2,1-2H3. The van der Waals surface area contributed by atoms with Gasteiger partial charge in [0, 0.05) is 12.4 Å². The molecule has 0 radical (unpaired) electrons. The fraction of sp³-hybridized carbons (Fsp3) is 0.409. The van der Waals surface area contributed by atoms with Crippen molar-refractivity contribution in [2.75, 3.05) is 0 Å². The van der Waals surface area contributed by atoms with Gasteiger partial charge >= 0.3 is 0 Å². The Hall–Kier alpha value is -2.31. The SMILES string of the molecule is CC(C)(O)c1ncc(C(=O)c2cnn(-c3c4c(cc5c3CCC5)CCC4)c2)s1. The summed E-state index contributed by atoms with van der Waals surface area (Å²) in [5.74, 6) is -0.0940. The van der Waals surface area contributed by atoms with Crippen LogP contribution in [-0.4, -0.2) is 25.7 Å². The Morgan fingerprint density at radius 3 is 2.39 bits per heavy atom. The number of fused-ring (bicyclic) bond motifs is 2. The van der Waals surface area contributed by atoms with Gasteiger partial charge in [0.05, 0.1) is 22.3 Å². The molecule has 1 N–H and O–H groups in total. The van der Waals surface area contributed by atoms with E-state index in [-0.39, 0.29) is 5.78 Å². The summed E-state index contributed by atoms with van der Waals surface area (Å²) in [4.78, 5) is 17.7. The zero-order valence-corrected chi connectivity index (χ0v) is 17.0. The van der Waals surface area contributed by atoms with E-state index in [4.69, 9.17) is 0 Å². The van der Waals surface area contributed by atoms with Crippen molar-refractivity contribution >= 4 is 17.1 Å². The summed E-state index contributed by atoms with van der Waals surface area (Å²) in [5, 5.41) is 15.2. The van der Waals surface area contributed by atoms with Gasteiger partial charge in [0.25, 0.3) is 0 Å². The highest BCUT2D eigenvalue weighted by atomic mass is 32.1. The topological polar surface area (TPSA) is 68.0 Å². The summed E-state index contributed by atoms with van der Waals surface area (Å²) in [6, 6.07) is 2.40. The number of nitrogens with zero attached hydrogens (tertiary/aromatic N) is 3. The number of rotatable bonds is 4. The number of aliphatic hydroxyl groups is 1. The van der Waals surface area contributed by atoms with Crippen LogP contribution in [-0.2, 0) is 31.3 Å². The van der Waals surface area contributed by atoms with Gasteiger partial charge in [-0.3, -0.25) is 4.79 Å². The molecule has 0 saturated carbocycles. The number of thiazole rings is 1. The lowest BCUT2D eigenvalue weighted by Gasteiger charge is -2.14. The third-order valence-corrected chi connectivity index (χ3v) is 7.08. The molecule has 5 nitrogen and oxygen atoms in total. The predicted octanol–water partition coefficient (Wildman–Crippen LogP) is 3.76. The number of hydrogen-bond donors (Lipinski definition) is 1. The van der Waals surface area contributed by atoms with E-state index in [1.165, 1.54) is 52.1 Å². The van der Waals surface area contributed by atoms with E-state index < -0.39 is 5.60 Å². The summed E-state index contributed by atoms with van der Waals surface area (Å²) in [5.41, 5.74) is 6.46. The number of aryl methyl sites for hydroxylation is 2. The van der Waals surface area contributed by atoms with Gasteiger partial charge in [0.2, 0.25) is 5.78 Å². The molecular weight excluding hydrogens is 370 g/mol. The average Bonchev–Trinajstić information content (AvgIpc) is 3.44. The van der Waals surface area contributed by atoms with Crippen molar-refractivity contribution in [2.45, 2.75) is 58.0 Å². The van der Waals surface area contributed by atoms with Crippen molar-refractivity contribution in [3.8, 4) is 5.69 Å². The number of carbonyl (C=O) groups is 1. The lowest BCUT2D eigenvalue weighted by atomic mass is 9.99. The Labute approximate surface area is 168 Å². The molecule has 0 saturated heterocycles. The molecule has 0 spiro atoms. The van der Waals surface area contributed by atoms with E-state index >= 15 is 0 Å². The molecular formula is C22H23N3O2S. The van der Waals surface area contributed by atoms with E-state index in [0.717, 1.165) is 25.7 Å². The highest BCUT2D eigenvalue weighted by Crippen LogP contribution is 2.37. The Balaban J connectivity index is 1.53. The molecule has 2 aliphatic rings. The Morgan fingerprint density at radius 2 is 1.79 bits per heavy atom. The third kappa shape index (κ3) is 2.83. The molecule has 144 valence electrons. The summed E-state index contributed by atoms with van der Waals surface area (Å²) >= 11 is 1.24. The summed E-state index contributed by atoms with van der Waals surface area (Å²) < 4.78 is 1.92. The first kappa shape index (κ1) is 17.8. The van der Waals surface area contributed by atoms with E-state index in [2.05, 4.69) is 16.1 Å². The monoisotopic (exact) mass is 393 g/mol. The second-order valence-corrected chi connectivity index (χ2v) is 9.33. The van der Waals surface area contributed by atoms with Gasteiger partial charge in [-0.2, -0.15) is 5.10 Å². The molecule has 0 atom stereocenters. The van der Waals surface area contributed by atoms with Gasteiger partial charge in [0.1, 0.15) is 10.6 Å². The number of hydrogen-bond acceptors (Lipinski definition) is 5. The molecule has 5 rings (SSSR count). The minimum atomic E-state index is -1.04. The zero-order valence-electron chi connectivity index (χ0n) is 16.2. The zero-order chi connectivity index (χ0) is 19.5. The maximum Gasteiger partial charge on any atom is 0.207 e. The minimum absolute atomic E-state index is 0.0940. The van der Waals surface area contributed by atoms with Crippen LogP contribution in [0.15, 0.2) is 24.7 Å². The molecule has 3 aromatic rings. The van der Waals surface area contributed by atoms with E-state index in [0.29, 0.717) is 15.4 Å². The van der Waals surface area contributed by atoms with Crippen molar-refractivity contribution in [1.29, 1.82) is 0 Å². The van der Waals surface area contributed by atoms with Crippen molar-refractivity contribution in [1.82, 2.24) is 14.8 Å². The smallest absolute Gasteiger partial charge is 0.207 e. The van der Waals surface area contributed by atoms with Gasteiger partial charge in [-0.25, -0.2) is 9.67 Å². The molecule has 0 fully saturated rings. The lowest BCUT2D eigenvalue weighted by Crippen LogP contribution is -2.14. The molecule has 0 unspecified atom stereocenters. The minimum Gasteiger partial charge on any atom is -0.383 e. The molecule has 0 aliphatic heterocycles. The number of ketones is 1. The molecule has 2 aromatic heterocycles. The first-order valence-electron chi connectivity index (χ1n) is 9.87.